The first-order chi connectivity index (χ1) is 15.2. The van der Waals surface area contributed by atoms with Gasteiger partial charge in [-0.05, 0) is 50.5 Å². The van der Waals surface area contributed by atoms with E-state index in [0.717, 1.165) is 23.3 Å². The van der Waals surface area contributed by atoms with Gasteiger partial charge in [-0.1, -0.05) is 41.9 Å². The average Bonchev–Trinajstić information content (AvgIpc) is 3.24. The molecule has 2 aromatic carbocycles. The van der Waals surface area contributed by atoms with E-state index < -0.39 is 6.04 Å². The van der Waals surface area contributed by atoms with Crippen LogP contribution in [0, 0.1) is 0 Å². The zero-order valence-corrected chi connectivity index (χ0v) is 19.6. The highest BCUT2D eigenvalue weighted by Crippen LogP contribution is 2.39. The van der Waals surface area contributed by atoms with Gasteiger partial charge in [0.15, 0.2) is 0 Å². The molecule has 170 valence electrons. The Morgan fingerprint density at radius 2 is 1.91 bits per heavy atom. The quantitative estimate of drug-likeness (QED) is 0.722. The third kappa shape index (κ3) is 4.85. The number of likely N-dealkylation sites (N-methyl/N-ethyl adjacent to an activating group) is 1. The highest BCUT2D eigenvalue weighted by molar-refractivity contribution is 6.30. The summed E-state index contributed by atoms with van der Waals surface area (Å²) in [6, 6.07) is 14.5. The Labute approximate surface area is 194 Å². The first-order valence-corrected chi connectivity index (χ1v) is 11.5. The fourth-order valence-electron chi connectivity index (χ4n) is 4.63. The van der Waals surface area contributed by atoms with Crippen LogP contribution in [0.5, 0.6) is 5.75 Å². The Morgan fingerprint density at radius 3 is 2.66 bits per heavy atom. The molecule has 2 aliphatic heterocycles. The molecule has 3 amide bonds. The van der Waals surface area contributed by atoms with Crippen molar-refractivity contribution in [3.63, 3.8) is 0 Å². The lowest BCUT2D eigenvalue weighted by Crippen LogP contribution is -2.51. The molecule has 32 heavy (non-hydrogen) atoms. The summed E-state index contributed by atoms with van der Waals surface area (Å²) >= 11 is 5.96. The predicted octanol–water partition coefficient (Wildman–Crippen LogP) is 4.77. The number of halogens is 1. The van der Waals surface area contributed by atoms with Crippen molar-refractivity contribution in [3.8, 4) is 5.75 Å². The van der Waals surface area contributed by atoms with Crippen LogP contribution in [-0.4, -0.2) is 47.0 Å². The van der Waals surface area contributed by atoms with E-state index in [0.29, 0.717) is 31.0 Å². The number of rotatable bonds is 4. The van der Waals surface area contributed by atoms with E-state index in [9.17, 15) is 9.59 Å². The van der Waals surface area contributed by atoms with Crippen LogP contribution in [0.25, 0.3) is 0 Å². The summed E-state index contributed by atoms with van der Waals surface area (Å²) < 4.78 is 6.08. The van der Waals surface area contributed by atoms with Crippen LogP contribution in [0.4, 0.5) is 4.79 Å². The second-order valence-electron chi connectivity index (χ2n) is 9.28. The summed E-state index contributed by atoms with van der Waals surface area (Å²) in [6.45, 7) is 5.10. The molecule has 1 unspecified atom stereocenters. The number of hydrogen-bond acceptors (Lipinski definition) is 3. The number of amides is 3. The minimum absolute atomic E-state index is 0.0414. The molecule has 0 spiro atoms. The fourth-order valence-corrected chi connectivity index (χ4v) is 4.75. The number of ether oxygens (including phenoxy) is 1. The minimum atomic E-state index is -0.449. The molecule has 0 bridgehead atoms. The Morgan fingerprint density at radius 1 is 1.19 bits per heavy atom. The summed E-state index contributed by atoms with van der Waals surface area (Å²) in [5.74, 6) is 0.756. The molecular weight excluding hydrogens is 426 g/mol. The van der Waals surface area contributed by atoms with Gasteiger partial charge in [0.2, 0.25) is 5.91 Å². The molecule has 4 rings (SSSR count). The lowest BCUT2D eigenvalue weighted by Gasteiger charge is -2.38. The van der Waals surface area contributed by atoms with Gasteiger partial charge in [-0.15, -0.1) is 0 Å². The lowest BCUT2D eigenvalue weighted by atomic mass is 9.90. The maximum Gasteiger partial charge on any atom is 0.318 e. The van der Waals surface area contributed by atoms with Gasteiger partial charge in [0.25, 0.3) is 0 Å². The molecule has 1 fully saturated rings. The normalized spacial score (nSPS) is 21.4. The summed E-state index contributed by atoms with van der Waals surface area (Å²) in [7, 11) is 1.78. The van der Waals surface area contributed by atoms with E-state index in [1.54, 1.807) is 16.8 Å². The zero-order chi connectivity index (χ0) is 22.9. The molecule has 2 heterocycles. The number of nitrogens with zero attached hydrogens (tertiary/aromatic N) is 2. The molecule has 6 nitrogen and oxygen atoms in total. The zero-order valence-electron chi connectivity index (χ0n) is 18.8. The van der Waals surface area contributed by atoms with Crippen LogP contribution in [0.3, 0.4) is 0 Å². The second-order valence-corrected chi connectivity index (χ2v) is 9.71. The van der Waals surface area contributed by atoms with Crippen LogP contribution in [0.1, 0.15) is 50.3 Å². The molecule has 2 atom stereocenters. The predicted molar refractivity (Wildman–Crippen MR) is 125 cm³/mol. The van der Waals surface area contributed by atoms with Crippen molar-refractivity contribution in [2.24, 2.45) is 0 Å². The highest BCUT2D eigenvalue weighted by atomic mass is 35.5. The van der Waals surface area contributed by atoms with E-state index in [4.69, 9.17) is 16.3 Å². The number of nitrogens with one attached hydrogen (secondary N) is 1. The van der Waals surface area contributed by atoms with Crippen LogP contribution in [0.2, 0.25) is 5.02 Å². The fraction of sp³-hybridized carbons (Fsp3) is 0.440. The van der Waals surface area contributed by atoms with Gasteiger partial charge in [-0.25, -0.2) is 4.79 Å². The second kappa shape index (κ2) is 9.02. The van der Waals surface area contributed by atoms with Gasteiger partial charge in [0.05, 0.1) is 6.04 Å². The third-order valence-corrected chi connectivity index (χ3v) is 6.43. The summed E-state index contributed by atoms with van der Waals surface area (Å²) in [5, 5.41) is 3.84. The lowest BCUT2D eigenvalue weighted by molar-refractivity contribution is -0.134. The Bertz CT molecular complexity index is 992. The van der Waals surface area contributed by atoms with Crippen molar-refractivity contribution in [3.05, 3.63) is 64.7 Å². The van der Waals surface area contributed by atoms with Gasteiger partial charge >= 0.3 is 6.03 Å². The van der Waals surface area contributed by atoms with Crippen molar-refractivity contribution in [1.29, 1.82) is 0 Å². The van der Waals surface area contributed by atoms with Crippen molar-refractivity contribution in [2.75, 3.05) is 13.6 Å². The number of hydrogen-bond donors (Lipinski definition) is 1. The van der Waals surface area contributed by atoms with Gasteiger partial charge in [-0.2, -0.15) is 0 Å². The Balaban J connectivity index is 1.44. The van der Waals surface area contributed by atoms with E-state index in [-0.39, 0.29) is 23.6 Å². The largest absolute Gasteiger partial charge is 0.487 e. The molecule has 0 aromatic heterocycles. The molecule has 0 aliphatic carbocycles. The standard InChI is InChI=1S/C25H30ClN3O3/c1-25(2)15-20(19-7-4-5-9-22(19)32-25)27-24(31)29-14-6-8-21(29)23(30)28(3)16-17-10-12-18(26)13-11-17/h4-5,7,9-13,20-21H,6,8,14-16H2,1-3H3,(H,27,31)/t20?,21-/m1/s1. The van der Waals surface area contributed by atoms with Gasteiger partial charge in [0.1, 0.15) is 17.4 Å². The number of fused-ring (bicyclic) bond motifs is 1. The monoisotopic (exact) mass is 455 g/mol. The van der Waals surface area contributed by atoms with Gasteiger partial charge in [-0.3, -0.25) is 4.79 Å². The van der Waals surface area contributed by atoms with Crippen molar-refractivity contribution in [1.82, 2.24) is 15.1 Å². The molecule has 0 radical (unpaired) electrons. The number of benzene rings is 2. The molecule has 7 heteroatoms. The van der Waals surface area contributed by atoms with Crippen molar-refractivity contribution >= 4 is 23.5 Å². The number of para-hydroxylation sites is 1. The van der Waals surface area contributed by atoms with Crippen LogP contribution in [-0.2, 0) is 11.3 Å². The molecule has 1 saturated heterocycles. The van der Waals surface area contributed by atoms with Crippen LogP contribution in [0.15, 0.2) is 48.5 Å². The average molecular weight is 456 g/mol. The maximum atomic E-state index is 13.3. The summed E-state index contributed by atoms with van der Waals surface area (Å²) in [5.41, 5.74) is 1.59. The summed E-state index contributed by atoms with van der Waals surface area (Å²) in [6.07, 6.45) is 2.15. The highest BCUT2D eigenvalue weighted by Gasteiger charge is 2.39. The smallest absolute Gasteiger partial charge is 0.318 e. The number of urea groups is 1. The van der Waals surface area contributed by atoms with E-state index in [1.165, 1.54) is 0 Å². The van der Waals surface area contributed by atoms with E-state index in [1.807, 2.05) is 62.4 Å². The van der Waals surface area contributed by atoms with E-state index >= 15 is 0 Å². The summed E-state index contributed by atoms with van der Waals surface area (Å²) in [4.78, 5) is 29.8. The molecule has 0 saturated carbocycles. The Kier molecular flexibility index (Phi) is 6.33. The number of likely N-dealkylation sites (tertiary alicyclic amines) is 1. The molecule has 2 aliphatic rings. The third-order valence-electron chi connectivity index (χ3n) is 6.18. The first-order valence-electron chi connectivity index (χ1n) is 11.1. The molecular formula is C25H30ClN3O3. The number of carbonyl (C=O) groups excluding carboxylic acids is 2. The number of carbonyl (C=O) groups is 2. The first kappa shape index (κ1) is 22.5. The SMILES string of the molecule is CN(Cc1ccc(Cl)cc1)C(=O)[C@H]1CCCN1C(=O)NC1CC(C)(C)Oc2ccccc21. The molecule has 2 aromatic rings. The minimum Gasteiger partial charge on any atom is -0.487 e. The Hall–Kier alpha value is -2.73. The van der Waals surface area contributed by atoms with Gasteiger partial charge in [0, 0.05) is 37.1 Å². The maximum absolute atomic E-state index is 13.3. The molecule has 1 N–H and O–H groups in total. The van der Waals surface area contributed by atoms with Crippen molar-refractivity contribution in [2.45, 2.75) is 57.3 Å². The van der Waals surface area contributed by atoms with Crippen LogP contribution < -0.4 is 10.1 Å². The van der Waals surface area contributed by atoms with Gasteiger partial charge < -0.3 is 19.9 Å². The van der Waals surface area contributed by atoms with Crippen molar-refractivity contribution < 1.29 is 14.3 Å². The van der Waals surface area contributed by atoms with E-state index in [2.05, 4.69) is 5.32 Å². The topological polar surface area (TPSA) is 61.9 Å². The van der Waals surface area contributed by atoms with Crippen LogP contribution >= 0.6 is 11.6 Å².